The number of fused-ring (bicyclic) bond motifs is 2. The number of carboxylic acids is 1. The Kier molecular flexibility index (Phi) is 1.87. The molecule has 4 aliphatic rings. The Morgan fingerprint density at radius 3 is 3.00 bits per heavy atom. The third-order valence-corrected chi connectivity index (χ3v) is 4.66. The summed E-state index contributed by atoms with van der Waals surface area (Å²) in [7, 11) is 0. The summed E-state index contributed by atoms with van der Waals surface area (Å²) < 4.78 is 11.1. The fourth-order valence-electron chi connectivity index (χ4n) is 3.61. The second kappa shape index (κ2) is 3.18. The van der Waals surface area contributed by atoms with Crippen LogP contribution in [-0.4, -0.2) is 22.3 Å². The smallest absolute Gasteiger partial charge is 0.347 e. The molecular weight excluding hydrogens is 232 g/mol. The SMILES string of the molecule is O=C(O)C12OC1(CC1=CCCCC1)CCC1=C2O1. The molecule has 96 valence electrons. The van der Waals surface area contributed by atoms with E-state index in [1.54, 1.807) is 0 Å². The van der Waals surface area contributed by atoms with Crippen molar-refractivity contribution in [2.75, 3.05) is 0 Å². The minimum absolute atomic E-state index is 0.517. The van der Waals surface area contributed by atoms with Crippen LogP contribution in [0.25, 0.3) is 0 Å². The molecule has 2 aliphatic heterocycles. The van der Waals surface area contributed by atoms with Gasteiger partial charge in [-0.05, 0) is 32.1 Å². The number of allylic oxidation sites excluding steroid dienone is 2. The molecule has 0 bridgehead atoms. The summed E-state index contributed by atoms with van der Waals surface area (Å²) in [6.45, 7) is 0. The average molecular weight is 248 g/mol. The zero-order chi connectivity index (χ0) is 12.4. The summed E-state index contributed by atoms with van der Waals surface area (Å²) >= 11 is 0. The highest BCUT2D eigenvalue weighted by atomic mass is 16.7. The van der Waals surface area contributed by atoms with E-state index >= 15 is 0 Å². The molecule has 1 N–H and O–H groups in total. The van der Waals surface area contributed by atoms with E-state index < -0.39 is 17.2 Å². The second-order valence-corrected chi connectivity index (χ2v) is 5.72. The van der Waals surface area contributed by atoms with E-state index in [1.165, 1.54) is 18.4 Å². The van der Waals surface area contributed by atoms with E-state index in [-0.39, 0.29) is 0 Å². The minimum Gasteiger partial charge on any atom is -0.479 e. The van der Waals surface area contributed by atoms with Crippen LogP contribution in [0.2, 0.25) is 0 Å². The molecule has 0 aromatic carbocycles. The standard InChI is InChI=1S/C14H16O4/c15-12(16)14-11-10(17-11)6-7-13(14,18-14)8-9-4-2-1-3-5-9/h4H,1-3,5-8H2,(H,15,16). The predicted octanol–water partition coefficient (Wildman–Crippen LogP) is 2.50. The van der Waals surface area contributed by atoms with Crippen molar-refractivity contribution in [3.05, 3.63) is 23.2 Å². The zero-order valence-electron chi connectivity index (χ0n) is 10.2. The van der Waals surface area contributed by atoms with Crippen molar-refractivity contribution in [2.45, 2.75) is 56.1 Å². The van der Waals surface area contributed by atoms with Crippen molar-refractivity contribution >= 4 is 5.97 Å². The van der Waals surface area contributed by atoms with Crippen molar-refractivity contribution in [1.29, 1.82) is 0 Å². The zero-order valence-corrected chi connectivity index (χ0v) is 10.2. The van der Waals surface area contributed by atoms with Gasteiger partial charge in [0.1, 0.15) is 11.4 Å². The van der Waals surface area contributed by atoms with Gasteiger partial charge in [0.25, 0.3) is 5.60 Å². The Morgan fingerprint density at radius 1 is 1.39 bits per heavy atom. The third kappa shape index (κ3) is 1.17. The lowest BCUT2D eigenvalue weighted by Crippen LogP contribution is -2.35. The Morgan fingerprint density at radius 2 is 2.28 bits per heavy atom. The summed E-state index contributed by atoms with van der Waals surface area (Å²) in [6.07, 6.45) is 9.31. The van der Waals surface area contributed by atoms with Gasteiger partial charge in [-0.15, -0.1) is 0 Å². The maximum absolute atomic E-state index is 11.5. The molecule has 2 heterocycles. The number of aliphatic carboxylic acids is 1. The maximum atomic E-state index is 11.5. The maximum Gasteiger partial charge on any atom is 0.347 e. The van der Waals surface area contributed by atoms with Crippen LogP contribution < -0.4 is 0 Å². The summed E-state index contributed by atoms with van der Waals surface area (Å²) in [4.78, 5) is 11.5. The largest absolute Gasteiger partial charge is 0.479 e. The van der Waals surface area contributed by atoms with Gasteiger partial charge >= 0.3 is 5.97 Å². The van der Waals surface area contributed by atoms with Crippen LogP contribution in [0.3, 0.4) is 0 Å². The number of hydrogen-bond donors (Lipinski definition) is 1. The molecule has 2 unspecified atom stereocenters. The molecular formula is C14H16O4. The minimum atomic E-state index is -1.14. The van der Waals surface area contributed by atoms with E-state index in [2.05, 4.69) is 6.08 Å². The predicted molar refractivity (Wildman–Crippen MR) is 62.7 cm³/mol. The second-order valence-electron chi connectivity index (χ2n) is 5.72. The van der Waals surface area contributed by atoms with Gasteiger partial charge in [-0.2, -0.15) is 0 Å². The number of carboxylic acid groups (broad SMARTS) is 1. The quantitative estimate of drug-likeness (QED) is 0.615. The first-order valence-corrected chi connectivity index (χ1v) is 6.71. The highest BCUT2D eigenvalue weighted by Crippen LogP contribution is 2.67. The van der Waals surface area contributed by atoms with Crippen LogP contribution in [0.1, 0.15) is 44.9 Å². The fourth-order valence-corrected chi connectivity index (χ4v) is 3.61. The Labute approximate surface area is 105 Å². The van der Waals surface area contributed by atoms with Gasteiger partial charge in [-0.25, -0.2) is 4.79 Å². The molecule has 0 amide bonds. The highest BCUT2D eigenvalue weighted by Gasteiger charge is 2.83. The van der Waals surface area contributed by atoms with Crippen molar-refractivity contribution in [2.24, 2.45) is 0 Å². The lowest BCUT2D eigenvalue weighted by atomic mass is 9.78. The van der Waals surface area contributed by atoms with Gasteiger partial charge in [0.15, 0.2) is 5.76 Å². The summed E-state index contributed by atoms with van der Waals surface area (Å²) in [5.74, 6) is 0.560. The number of carbonyl (C=O) groups is 1. The first-order valence-electron chi connectivity index (χ1n) is 6.71. The van der Waals surface area contributed by atoms with Crippen LogP contribution >= 0.6 is 0 Å². The van der Waals surface area contributed by atoms with Crippen LogP contribution in [0, 0.1) is 0 Å². The van der Waals surface area contributed by atoms with Gasteiger partial charge in [-0.3, -0.25) is 0 Å². The third-order valence-electron chi connectivity index (χ3n) is 4.66. The Hall–Kier alpha value is -1.29. The molecule has 4 heteroatoms. The van der Waals surface area contributed by atoms with Crippen LogP contribution in [-0.2, 0) is 14.3 Å². The molecule has 18 heavy (non-hydrogen) atoms. The molecule has 2 atom stereocenters. The fraction of sp³-hybridized carbons (Fsp3) is 0.643. The lowest BCUT2D eigenvalue weighted by molar-refractivity contribution is -0.142. The van der Waals surface area contributed by atoms with E-state index in [0.29, 0.717) is 5.76 Å². The van der Waals surface area contributed by atoms with E-state index in [4.69, 9.17) is 9.47 Å². The molecule has 2 aliphatic carbocycles. The Bertz CT molecular complexity index is 504. The van der Waals surface area contributed by atoms with Gasteiger partial charge in [0, 0.05) is 12.8 Å². The molecule has 0 saturated carbocycles. The van der Waals surface area contributed by atoms with Gasteiger partial charge in [-0.1, -0.05) is 11.6 Å². The number of hydrogen-bond acceptors (Lipinski definition) is 3. The van der Waals surface area contributed by atoms with Gasteiger partial charge < -0.3 is 14.6 Å². The van der Waals surface area contributed by atoms with Crippen molar-refractivity contribution in [1.82, 2.24) is 0 Å². The molecule has 0 radical (unpaired) electrons. The molecule has 0 aromatic heterocycles. The first-order chi connectivity index (χ1) is 8.68. The lowest BCUT2D eigenvalue weighted by Gasteiger charge is -2.19. The van der Waals surface area contributed by atoms with Crippen LogP contribution in [0.5, 0.6) is 0 Å². The van der Waals surface area contributed by atoms with E-state index in [9.17, 15) is 9.90 Å². The summed E-state index contributed by atoms with van der Waals surface area (Å²) in [5, 5.41) is 9.47. The van der Waals surface area contributed by atoms with Crippen LogP contribution in [0.4, 0.5) is 0 Å². The number of epoxide rings is 1. The van der Waals surface area contributed by atoms with Gasteiger partial charge in [0.2, 0.25) is 0 Å². The Balaban J connectivity index is 1.63. The summed E-state index contributed by atoms with van der Waals surface area (Å²) in [6, 6.07) is 0. The monoisotopic (exact) mass is 248 g/mol. The van der Waals surface area contributed by atoms with Crippen LogP contribution in [0.15, 0.2) is 23.2 Å². The van der Waals surface area contributed by atoms with Gasteiger partial charge in [0.05, 0.1) is 0 Å². The van der Waals surface area contributed by atoms with E-state index in [0.717, 1.165) is 37.9 Å². The topological polar surface area (TPSA) is 62.4 Å². The first kappa shape index (κ1) is 10.6. The average Bonchev–Trinajstić information content (AvgIpc) is 3.21. The number of rotatable bonds is 3. The number of ether oxygens (including phenoxy) is 2. The highest BCUT2D eigenvalue weighted by molar-refractivity contribution is 5.89. The molecule has 0 aromatic rings. The molecule has 1 saturated heterocycles. The van der Waals surface area contributed by atoms with Crippen molar-refractivity contribution in [3.8, 4) is 0 Å². The normalized spacial score (nSPS) is 40.3. The van der Waals surface area contributed by atoms with Crippen molar-refractivity contribution < 1.29 is 19.4 Å². The summed E-state index contributed by atoms with van der Waals surface area (Å²) in [5.41, 5.74) is -0.287. The molecule has 4 nitrogen and oxygen atoms in total. The molecule has 4 rings (SSSR count). The molecule has 0 spiro atoms. The molecule has 1 fully saturated rings. The van der Waals surface area contributed by atoms with Crippen molar-refractivity contribution in [3.63, 3.8) is 0 Å². The van der Waals surface area contributed by atoms with E-state index in [1.807, 2.05) is 0 Å².